The van der Waals surface area contributed by atoms with Crippen molar-refractivity contribution in [2.45, 2.75) is 13.0 Å². The molecule has 0 spiro atoms. The molecule has 0 fully saturated rings. The molecule has 0 bridgehead atoms. The summed E-state index contributed by atoms with van der Waals surface area (Å²) in [6.45, 7) is 1.90. The quantitative estimate of drug-likeness (QED) is 0.850. The zero-order valence-electron chi connectivity index (χ0n) is 11.8. The molecule has 110 valence electrons. The van der Waals surface area contributed by atoms with E-state index in [0.717, 1.165) is 10.0 Å². The summed E-state index contributed by atoms with van der Waals surface area (Å²) in [6, 6.07) is 11.1. The lowest BCUT2D eigenvalue weighted by Gasteiger charge is -2.25. The SMILES string of the molecule is CC(c1ccc(F)cc1)N(C)C(=O)c1ccc(Br)c(N)c1. The largest absolute Gasteiger partial charge is 0.398 e. The maximum absolute atomic E-state index is 13.0. The lowest BCUT2D eigenvalue weighted by Crippen LogP contribution is -2.29. The Balaban J connectivity index is 2.21. The standard InChI is InChI=1S/C16H16BrFN2O/c1-10(11-3-6-13(18)7-4-11)20(2)16(21)12-5-8-14(17)15(19)9-12/h3-10H,19H2,1-2H3. The van der Waals surface area contributed by atoms with E-state index >= 15 is 0 Å². The van der Waals surface area contributed by atoms with Gasteiger partial charge in [-0.3, -0.25) is 4.79 Å². The van der Waals surface area contributed by atoms with E-state index in [9.17, 15) is 9.18 Å². The van der Waals surface area contributed by atoms with Crippen molar-refractivity contribution in [1.82, 2.24) is 4.90 Å². The highest BCUT2D eigenvalue weighted by atomic mass is 79.9. The van der Waals surface area contributed by atoms with Gasteiger partial charge in [0, 0.05) is 22.8 Å². The Hall–Kier alpha value is -1.88. The molecule has 0 aliphatic carbocycles. The number of halogens is 2. The first-order chi connectivity index (χ1) is 9.90. The number of carbonyl (C=O) groups is 1. The molecule has 0 aromatic heterocycles. The van der Waals surface area contributed by atoms with E-state index in [4.69, 9.17) is 5.73 Å². The van der Waals surface area contributed by atoms with Crippen molar-refractivity contribution < 1.29 is 9.18 Å². The number of amides is 1. The Morgan fingerprint density at radius 3 is 2.43 bits per heavy atom. The predicted molar refractivity (Wildman–Crippen MR) is 85.5 cm³/mol. The number of nitrogens with zero attached hydrogens (tertiary/aromatic N) is 1. The Morgan fingerprint density at radius 1 is 1.24 bits per heavy atom. The zero-order valence-corrected chi connectivity index (χ0v) is 13.4. The number of benzene rings is 2. The van der Waals surface area contributed by atoms with Gasteiger partial charge in [0.2, 0.25) is 0 Å². The second-order valence-electron chi connectivity index (χ2n) is 4.88. The van der Waals surface area contributed by atoms with Gasteiger partial charge in [-0.05, 0) is 58.7 Å². The fourth-order valence-corrected chi connectivity index (χ4v) is 2.27. The molecule has 2 rings (SSSR count). The highest BCUT2D eigenvalue weighted by Gasteiger charge is 2.19. The van der Waals surface area contributed by atoms with E-state index in [1.807, 2.05) is 6.92 Å². The number of anilines is 1. The van der Waals surface area contributed by atoms with Crippen LogP contribution >= 0.6 is 15.9 Å². The molecule has 0 saturated carbocycles. The number of carbonyl (C=O) groups excluding carboxylic acids is 1. The third-order valence-corrected chi connectivity index (χ3v) is 4.22. The average Bonchev–Trinajstić information content (AvgIpc) is 2.48. The molecular formula is C16H16BrFN2O. The second-order valence-corrected chi connectivity index (χ2v) is 5.73. The first-order valence-corrected chi connectivity index (χ1v) is 7.27. The minimum Gasteiger partial charge on any atom is -0.398 e. The van der Waals surface area contributed by atoms with Gasteiger partial charge in [-0.15, -0.1) is 0 Å². The Morgan fingerprint density at radius 2 is 1.86 bits per heavy atom. The molecule has 2 aromatic carbocycles. The Bertz CT molecular complexity index is 658. The summed E-state index contributed by atoms with van der Waals surface area (Å²) >= 11 is 3.30. The highest BCUT2D eigenvalue weighted by Crippen LogP contribution is 2.24. The van der Waals surface area contributed by atoms with Crippen molar-refractivity contribution in [3.05, 3.63) is 63.9 Å². The van der Waals surface area contributed by atoms with Crippen molar-refractivity contribution in [2.24, 2.45) is 0 Å². The highest BCUT2D eigenvalue weighted by molar-refractivity contribution is 9.10. The third-order valence-electron chi connectivity index (χ3n) is 3.50. The van der Waals surface area contributed by atoms with Crippen LogP contribution in [-0.4, -0.2) is 17.9 Å². The average molecular weight is 351 g/mol. The molecule has 2 aromatic rings. The minimum atomic E-state index is -0.291. The first kappa shape index (κ1) is 15.5. The van der Waals surface area contributed by atoms with Crippen LogP contribution in [0, 0.1) is 5.82 Å². The van der Waals surface area contributed by atoms with Gasteiger partial charge in [0.15, 0.2) is 0 Å². The number of hydrogen-bond acceptors (Lipinski definition) is 2. The Labute approximate surface area is 131 Å². The monoisotopic (exact) mass is 350 g/mol. The summed E-state index contributed by atoms with van der Waals surface area (Å²) < 4.78 is 13.7. The molecule has 0 radical (unpaired) electrons. The molecule has 1 unspecified atom stereocenters. The van der Waals surface area contributed by atoms with Crippen LogP contribution in [-0.2, 0) is 0 Å². The molecule has 5 heteroatoms. The number of rotatable bonds is 3. The maximum Gasteiger partial charge on any atom is 0.254 e. The molecule has 21 heavy (non-hydrogen) atoms. The summed E-state index contributed by atoms with van der Waals surface area (Å²) in [4.78, 5) is 14.1. The van der Waals surface area contributed by atoms with Crippen LogP contribution < -0.4 is 5.73 Å². The van der Waals surface area contributed by atoms with Gasteiger partial charge in [-0.1, -0.05) is 12.1 Å². The van der Waals surface area contributed by atoms with Crippen molar-refractivity contribution in [2.75, 3.05) is 12.8 Å². The molecule has 3 nitrogen and oxygen atoms in total. The molecule has 0 aliphatic heterocycles. The van der Waals surface area contributed by atoms with E-state index in [2.05, 4.69) is 15.9 Å². The number of nitrogens with two attached hydrogens (primary N) is 1. The summed E-state index contributed by atoms with van der Waals surface area (Å²) in [7, 11) is 1.72. The fraction of sp³-hybridized carbons (Fsp3) is 0.188. The molecule has 1 atom stereocenters. The van der Waals surface area contributed by atoms with Crippen molar-refractivity contribution in [3.63, 3.8) is 0 Å². The van der Waals surface area contributed by atoms with E-state index in [1.54, 1.807) is 42.3 Å². The van der Waals surface area contributed by atoms with Crippen LogP contribution in [0.15, 0.2) is 46.9 Å². The summed E-state index contributed by atoms with van der Waals surface area (Å²) in [5.41, 5.74) is 7.71. The first-order valence-electron chi connectivity index (χ1n) is 6.48. The van der Waals surface area contributed by atoms with E-state index in [1.165, 1.54) is 12.1 Å². The van der Waals surface area contributed by atoms with Crippen molar-refractivity contribution >= 4 is 27.5 Å². The molecule has 1 amide bonds. The van der Waals surface area contributed by atoms with Crippen molar-refractivity contribution in [1.29, 1.82) is 0 Å². The molecule has 2 N–H and O–H groups in total. The second kappa shape index (κ2) is 6.26. The molecular weight excluding hydrogens is 335 g/mol. The number of hydrogen-bond donors (Lipinski definition) is 1. The maximum atomic E-state index is 13.0. The normalized spacial score (nSPS) is 12.0. The smallest absolute Gasteiger partial charge is 0.254 e. The van der Waals surface area contributed by atoms with Crippen LogP contribution in [0.3, 0.4) is 0 Å². The van der Waals surface area contributed by atoms with Gasteiger partial charge in [-0.25, -0.2) is 4.39 Å². The van der Waals surface area contributed by atoms with Gasteiger partial charge in [0.1, 0.15) is 5.82 Å². The summed E-state index contributed by atoms with van der Waals surface area (Å²) in [5.74, 6) is -0.424. The molecule has 0 heterocycles. The van der Waals surface area contributed by atoms with Crippen LogP contribution in [0.25, 0.3) is 0 Å². The zero-order chi connectivity index (χ0) is 15.6. The molecule has 0 aliphatic rings. The lowest BCUT2D eigenvalue weighted by atomic mass is 10.1. The number of nitrogen functional groups attached to an aromatic ring is 1. The summed E-state index contributed by atoms with van der Waals surface area (Å²) in [5, 5.41) is 0. The van der Waals surface area contributed by atoms with E-state index in [0.29, 0.717) is 11.3 Å². The Kier molecular flexibility index (Phi) is 4.63. The predicted octanol–water partition coefficient (Wildman–Crippen LogP) is 4.00. The lowest BCUT2D eigenvalue weighted by molar-refractivity contribution is 0.0742. The third kappa shape index (κ3) is 3.42. The summed E-state index contributed by atoms with van der Waals surface area (Å²) in [6.07, 6.45) is 0. The van der Waals surface area contributed by atoms with Crippen LogP contribution in [0.2, 0.25) is 0 Å². The minimum absolute atomic E-state index is 0.133. The van der Waals surface area contributed by atoms with E-state index in [-0.39, 0.29) is 17.8 Å². The van der Waals surface area contributed by atoms with Gasteiger partial charge in [0.25, 0.3) is 5.91 Å². The van der Waals surface area contributed by atoms with Crippen molar-refractivity contribution in [3.8, 4) is 0 Å². The topological polar surface area (TPSA) is 46.3 Å². The van der Waals surface area contributed by atoms with E-state index < -0.39 is 0 Å². The fourth-order valence-electron chi connectivity index (χ4n) is 2.02. The van der Waals surface area contributed by atoms with Crippen LogP contribution in [0.4, 0.5) is 10.1 Å². The van der Waals surface area contributed by atoms with Crippen LogP contribution in [0.5, 0.6) is 0 Å². The van der Waals surface area contributed by atoms with Gasteiger partial charge < -0.3 is 10.6 Å². The van der Waals surface area contributed by atoms with Gasteiger partial charge in [-0.2, -0.15) is 0 Å². The molecule has 0 saturated heterocycles. The van der Waals surface area contributed by atoms with Gasteiger partial charge in [0.05, 0.1) is 6.04 Å². The van der Waals surface area contributed by atoms with Gasteiger partial charge >= 0.3 is 0 Å². The van der Waals surface area contributed by atoms with Crippen LogP contribution in [0.1, 0.15) is 28.9 Å².